The minimum Gasteiger partial charge on any atom is -0.338 e. The van der Waals surface area contributed by atoms with Crippen LogP contribution in [0, 0.1) is 5.92 Å². The third kappa shape index (κ3) is 2.77. The highest BCUT2D eigenvalue weighted by molar-refractivity contribution is 6.33. The number of carbonyl (C=O) groups is 1. The SMILES string of the molecule is [N-]=[N+]=NCC1CC(=O)N(c2cc(-c3ccccc3Cl)no2)C1. The fraction of sp³-hybridized carbons (Fsp3) is 0.286. The Morgan fingerprint density at radius 3 is 3.09 bits per heavy atom. The number of rotatable bonds is 4. The molecule has 1 aromatic carbocycles. The van der Waals surface area contributed by atoms with Gasteiger partial charge in [-0.05, 0) is 17.5 Å². The first-order chi connectivity index (χ1) is 10.7. The van der Waals surface area contributed by atoms with Crippen molar-refractivity contribution in [2.45, 2.75) is 6.42 Å². The summed E-state index contributed by atoms with van der Waals surface area (Å²) in [5, 5.41) is 8.06. The van der Waals surface area contributed by atoms with Crippen molar-refractivity contribution in [3.05, 3.63) is 45.8 Å². The molecule has 0 radical (unpaired) electrons. The molecule has 1 aliphatic rings. The number of anilines is 1. The standard InChI is InChI=1S/C14H12ClN5O2/c15-11-4-2-1-3-10(11)12-6-14(22-18-12)20-8-9(5-13(20)21)7-17-19-16/h1-4,6,9H,5,7-8H2. The van der Waals surface area contributed by atoms with Crippen molar-refractivity contribution in [2.75, 3.05) is 18.0 Å². The molecule has 3 rings (SSSR count). The molecule has 22 heavy (non-hydrogen) atoms. The quantitative estimate of drug-likeness (QED) is 0.489. The Bertz CT molecular complexity index is 753. The topological polar surface area (TPSA) is 95.1 Å². The Kier molecular flexibility index (Phi) is 4.00. The van der Waals surface area contributed by atoms with Gasteiger partial charge in [0.2, 0.25) is 11.8 Å². The van der Waals surface area contributed by atoms with Gasteiger partial charge in [0.05, 0.1) is 5.02 Å². The van der Waals surface area contributed by atoms with E-state index in [1.165, 1.54) is 4.90 Å². The molecule has 0 spiro atoms. The Hall–Kier alpha value is -2.50. The van der Waals surface area contributed by atoms with E-state index >= 15 is 0 Å². The fourth-order valence-electron chi connectivity index (χ4n) is 2.46. The second kappa shape index (κ2) is 6.09. The van der Waals surface area contributed by atoms with Crippen molar-refractivity contribution in [2.24, 2.45) is 11.0 Å². The summed E-state index contributed by atoms with van der Waals surface area (Å²) in [6.07, 6.45) is 0.334. The molecule has 2 heterocycles. The van der Waals surface area contributed by atoms with Gasteiger partial charge >= 0.3 is 0 Å². The summed E-state index contributed by atoms with van der Waals surface area (Å²) in [6, 6.07) is 8.97. The highest BCUT2D eigenvalue weighted by atomic mass is 35.5. The maximum atomic E-state index is 12.0. The van der Waals surface area contributed by atoms with Crippen molar-refractivity contribution in [1.29, 1.82) is 0 Å². The highest BCUT2D eigenvalue weighted by Crippen LogP contribution is 2.32. The predicted molar refractivity (Wildman–Crippen MR) is 81.4 cm³/mol. The smallest absolute Gasteiger partial charge is 0.234 e. The van der Waals surface area contributed by atoms with E-state index in [-0.39, 0.29) is 11.8 Å². The molecule has 1 aliphatic heterocycles. The zero-order valence-corrected chi connectivity index (χ0v) is 12.3. The van der Waals surface area contributed by atoms with Crippen LogP contribution in [0.25, 0.3) is 21.7 Å². The molecule has 1 unspecified atom stereocenters. The zero-order chi connectivity index (χ0) is 15.5. The molecule has 0 aliphatic carbocycles. The lowest BCUT2D eigenvalue weighted by molar-refractivity contribution is -0.117. The molecule has 1 fully saturated rings. The molecule has 1 amide bonds. The second-order valence-electron chi connectivity index (χ2n) is 5.02. The number of benzene rings is 1. The summed E-state index contributed by atoms with van der Waals surface area (Å²) in [4.78, 5) is 16.3. The van der Waals surface area contributed by atoms with E-state index in [0.717, 1.165) is 5.56 Å². The molecule has 1 saturated heterocycles. The van der Waals surface area contributed by atoms with Crippen molar-refractivity contribution in [3.8, 4) is 11.3 Å². The normalized spacial score (nSPS) is 17.6. The lowest BCUT2D eigenvalue weighted by atomic mass is 10.1. The first-order valence-electron chi connectivity index (χ1n) is 6.72. The van der Waals surface area contributed by atoms with Gasteiger partial charge in [-0.2, -0.15) is 0 Å². The van der Waals surface area contributed by atoms with E-state index in [2.05, 4.69) is 15.2 Å². The van der Waals surface area contributed by atoms with Crippen molar-refractivity contribution >= 4 is 23.4 Å². The molecular weight excluding hydrogens is 306 g/mol. The number of halogens is 1. The van der Waals surface area contributed by atoms with Gasteiger partial charge in [0.25, 0.3) is 0 Å². The number of aromatic nitrogens is 1. The number of azide groups is 1. The van der Waals surface area contributed by atoms with Gasteiger partial charge in [-0.25, -0.2) is 0 Å². The Morgan fingerprint density at radius 2 is 2.32 bits per heavy atom. The van der Waals surface area contributed by atoms with Crippen LogP contribution < -0.4 is 4.90 Å². The molecule has 8 heteroatoms. The van der Waals surface area contributed by atoms with Crippen LogP contribution in [0.15, 0.2) is 40.0 Å². The van der Waals surface area contributed by atoms with Crippen molar-refractivity contribution in [1.82, 2.24) is 5.16 Å². The van der Waals surface area contributed by atoms with E-state index in [4.69, 9.17) is 21.7 Å². The molecule has 1 aromatic heterocycles. The minimum absolute atomic E-state index is 0.00253. The van der Waals surface area contributed by atoms with E-state index in [9.17, 15) is 4.79 Å². The molecule has 0 saturated carbocycles. The number of hydrogen-bond acceptors (Lipinski definition) is 4. The molecule has 2 aromatic rings. The van der Waals surface area contributed by atoms with Crippen molar-refractivity contribution < 1.29 is 9.32 Å². The largest absolute Gasteiger partial charge is 0.338 e. The number of amides is 1. The van der Waals surface area contributed by atoms with Crippen LogP contribution in [0.2, 0.25) is 5.02 Å². The lowest BCUT2D eigenvalue weighted by Crippen LogP contribution is -2.24. The predicted octanol–water partition coefficient (Wildman–Crippen LogP) is 3.66. The van der Waals surface area contributed by atoms with Crippen LogP contribution in [0.4, 0.5) is 5.88 Å². The van der Waals surface area contributed by atoms with E-state index in [0.29, 0.717) is 36.1 Å². The van der Waals surface area contributed by atoms with Gasteiger partial charge in [0, 0.05) is 36.1 Å². The summed E-state index contributed by atoms with van der Waals surface area (Å²) in [5.74, 6) is 0.306. The summed E-state index contributed by atoms with van der Waals surface area (Å²) in [6.45, 7) is 0.749. The third-order valence-corrected chi connectivity index (χ3v) is 3.85. The van der Waals surface area contributed by atoms with E-state index < -0.39 is 0 Å². The maximum Gasteiger partial charge on any atom is 0.234 e. The van der Waals surface area contributed by atoms with E-state index in [1.807, 2.05) is 18.2 Å². The molecular formula is C14H12ClN5O2. The Balaban J connectivity index is 1.81. The van der Waals surface area contributed by atoms with Gasteiger partial charge in [0.15, 0.2) is 0 Å². The summed E-state index contributed by atoms with van der Waals surface area (Å²) in [7, 11) is 0. The van der Waals surface area contributed by atoms with Crippen LogP contribution >= 0.6 is 11.6 Å². The van der Waals surface area contributed by atoms with Gasteiger partial charge in [-0.3, -0.25) is 9.69 Å². The summed E-state index contributed by atoms with van der Waals surface area (Å²) < 4.78 is 5.27. The van der Waals surface area contributed by atoms with Gasteiger partial charge in [0.1, 0.15) is 5.69 Å². The van der Waals surface area contributed by atoms with Crippen LogP contribution in [0.5, 0.6) is 0 Å². The minimum atomic E-state index is -0.0694. The average Bonchev–Trinajstić information content (AvgIpc) is 3.12. The van der Waals surface area contributed by atoms with Crippen molar-refractivity contribution in [3.63, 3.8) is 0 Å². The first-order valence-corrected chi connectivity index (χ1v) is 7.09. The number of nitrogens with zero attached hydrogens (tertiary/aromatic N) is 5. The lowest BCUT2D eigenvalue weighted by Gasteiger charge is -2.10. The average molecular weight is 318 g/mol. The van der Waals surface area contributed by atoms with Crippen LogP contribution in [-0.2, 0) is 4.79 Å². The Labute approximate surface area is 131 Å². The van der Waals surface area contributed by atoms with Gasteiger partial charge < -0.3 is 4.52 Å². The van der Waals surface area contributed by atoms with Gasteiger partial charge in [-0.15, -0.1) is 0 Å². The van der Waals surface area contributed by atoms with E-state index in [1.54, 1.807) is 12.1 Å². The first kappa shape index (κ1) is 14.4. The number of carbonyl (C=O) groups excluding carboxylic acids is 1. The monoisotopic (exact) mass is 317 g/mol. The number of hydrogen-bond donors (Lipinski definition) is 0. The van der Waals surface area contributed by atoms with Crippen LogP contribution in [0.3, 0.4) is 0 Å². The second-order valence-corrected chi connectivity index (χ2v) is 5.43. The third-order valence-electron chi connectivity index (χ3n) is 3.52. The maximum absolute atomic E-state index is 12.0. The van der Waals surface area contributed by atoms with Crippen LogP contribution in [-0.4, -0.2) is 24.2 Å². The molecule has 0 bridgehead atoms. The highest BCUT2D eigenvalue weighted by Gasteiger charge is 2.32. The summed E-state index contributed by atoms with van der Waals surface area (Å²) in [5.41, 5.74) is 9.67. The van der Waals surface area contributed by atoms with Gasteiger partial charge in [-0.1, -0.05) is 40.1 Å². The molecule has 0 N–H and O–H groups in total. The molecule has 112 valence electrons. The molecule has 1 atom stereocenters. The Morgan fingerprint density at radius 1 is 1.50 bits per heavy atom. The fourth-order valence-corrected chi connectivity index (χ4v) is 2.69. The summed E-state index contributed by atoms with van der Waals surface area (Å²) >= 11 is 6.13. The van der Waals surface area contributed by atoms with Crippen LogP contribution in [0.1, 0.15) is 6.42 Å². The zero-order valence-electron chi connectivity index (χ0n) is 11.5. The molecule has 7 nitrogen and oxygen atoms in total.